The summed E-state index contributed by atoms with van der Waals surface area (Å²) in [6.07, 6.45) is 5.64. The number of carboxylic acids is 1. The van der Waals surface area contributed by atoms with E-state index in [4.69, 9.17) is 5.11 Å². The molecule has 1 N–H and O–H groups in total. The normalized spacial score (nSPS) is 13.3. The summed E-state index contributed by atoms with van der Waals surface area (Å²) in [6.45, 7) is 5.28. The van der Waals surface area contributed by atoms with E-state index in [-0.39, 0.29) is 0 Å². The Morgan fingerprint density at radius 1 is 1.80 bits per heavy atom. The molecule has 0 spiro atoms. The van der Waals surface area contributed by atoms with Crippen LogP contribution in [-0.2, 0) is 4.79 Å². The van der Waals surface area contributed by atoms with E-state index in [1.165, 1.54) is 6.08 Å². The van der Waals surface area contributed by atoms with Crippen molar-refractivity contribution in [3.8, 4) is 0 Å². The van der Waals surface area contributed by atoms with Crippen molar-refractivity contribution in [2.75, 3.05) is 0 Å². The molecule has 10 heavy (non-hydrogen) atoms. The summed E-state index contributed by atoms with van der Waals surface area (Å²) in [7, 11) is 0. The third-order valence-electron chi connectivity index (χ3n) is 1.23. The van der Waals surface area contributed by atoms with Crippen LogP contribution in [0.5, 0.6) is 0 Å². The molecular formula is C8H12O2. The predicted octanol–water partition coefficient (Wildman–Crippen LogP) is 1.84. The molecule has 0 aliphatic carbocycles. The second kappa shape index (κ2) is 4.79. The van der Waals surface area contributed by atoms with Crippen LogP contribution in [0.4, 0.5) is 0 Å². The summed E-state index contributed by atoms with van der Waals surface area (Å²) >= 11 is 0. The van der Waals surface area contributed by atoms with Gasteiger partial charge in [0.1, 0.15) is 0 Å². The van der Waals surface area contributed by atoms with Gasteiger partial charge in [-0.05, 0) is 13.3 Å². The third kappa shape index (κ3) is 3.07. The molecule has 56 valence electrons. The van der Waals surface area contributed by atoms with Crippen molar-refractivity contribution in [3.63, 3.8) is 0 Å². The fourth-order valence-corrected chi connectivity index (χ4v) is 0.581. The molecule has 2 nitrogen and oxygen atoms in total. The number of hydrogen-bond donors (Lipinski definition) is 1. The van der Waals surface area contributed by atoms with Crippen molar-refractivity contribution >= 4 is 5.97 Å². The van der Waals surface area contributed by atoms with Gasteiger partial charge in [-0.15, -0.1) is 6.58 Å². The van der Waals surface area contributed by atoms with Crippen LogP contribution in [-0.4, -0.2) is 11.1 Å². The van der Waals surface area contributed by atoms with Gasteiger partial charge >= 0.3 is 5.97 Å². The highest BCUT2D eigenvalue weighted by molar-refractivity contribution is 5.72. The Hall–Kier alpha value is -1.05. The second-order valence-electron chi connectivity index (χ2n) is 1.99. The van der Waals surface area contributed by atoms with E-state index in [1.807, 2.05) is 19.1 Å². The number of allylic oxidation sites excluding steroid dienone is 2. The van der Waals surface area contributed by atoms with Gasteiger partial charge in [-0.1, -0.05) is 18.2 Å². The van der Waals surface area contributed by atoms with E-state index in [2.05, 4.69) is 6.58 Å². The van der Waals surface area contributed by atoms with Gasteiger partial charge in [0.25, 0.3) is 0 Å². The minimum absolute atomic E-state index is 0.434. The molecule has 0 amide bonds. The maximum atomic E-state index is 10.3. The number of rotatable bonds is 4. The van der Waals surface area contributed by atoms with Gasteiger partial charge in [0.15, 0.2) is 0 Å². The van der Waals surface area contributed by atoms with E-state index in [0.29, 0.717) is 6.42 Å². The Labute approximate surface area is 60.9 Å². The molecule has 0 saturated carbocycles. The monoisotopic (exact) mass is 140 g/mol. The van der Waals surface area contributed by atoms with Gasteiger partial charge in [-0.2, -0.15) is 0 Å². The zero-order chi connectivity index (χ0) is 7.98. The molecule has 0 aromatic carbocycles. The fourth-order valence-electron chi connectivity index (χ4n) is 0.581. The smallest absolute Gasteiger partial charge is 0.310 e. The molecule has 0 aliphatic heterocycles. The molecule has 1 atom stereocenters. The molecule has 0 aromatic rings. The Morgan fingerprint density at radius 2 is 2.40 bits per heavy atom. The summed E-state index contributed by atoms with van der Waals surface area (Å²) in [5, 5.41) is 8.49. The largest absolute Gasteiger partial charge is 0.481 e. The highest BCUT2D eigenvalue weighted by Gasteiger charge is 2.09. The van der Waals surface area contributed by atoms with Crippen LogP contribution in [0, 0.1) is 5.92 Å². The van der Waals surface area contributed by atoms with Crippen LogP contribution in [0.15, 0.2) is 24.8 Å². The molecule has 0 rings (SSSR count). The van der Waals surface area contributed by atoms with E-state index < -0.39 is 11.9 Å². The van der Waals surface area contributed by atoms with Crippen LogP contribution in [0.3, 0.4) is 0 Å². The maximum absolute atomic E-state index is 10.3. The van der Waals surface area contributed by atoms with Gasteiger partial charge in [-0.25, -0.2) is 0 Å². The average molecular weight is 140 g/mol. The van der Waals surface area contributed by atoms with Crippen molar-refractivity contribution < 1.29 is 9.90 Å². The predicted molar refractivity (Wildman–Crippen MR) is 40.8 cm³/mol. The minimum Gasteiger partial charge on any atom is -0.481 e. The highest BCUT2D eigenvalue weighted by Crippen LogP contribution is 2.04. The molecule has 2 heteroatoms. The number of hydrogen-bond acceptors (Lipinski definition) is 1. The summed E-state index contributed by atoms with van der Waals surface area (Å²) in [5.74, 6) is -1.25. The molecule has 0 fully saturated rings. The zero-order valence-corrected chi connectivity index (χ0v) is 6.08. The molecule has 0 saturated heterocycles. The van der Waals surface area contributed by atoms with Gasteiger partial charge in [0.2, 0.25) is 0 Å². The quantitative estimate of drug-likeness (QED) is 0.605. The Morgan fingerprint density at radius 3 is 2.70 bits per heavy atom. The lowest BCUT2D eigenvalue weighted by molar-refractivity contribution is -0.139. The van der Waals surface area contributed by atoms with Crippen LogP contribution >= 0.6 is 0 Å². The lowest BCUT2D eigenvalue weighted by atomic mass is 10.1. The van der Waals surface area contributed by atoms with Crippen molar-refractivity contribution in [2.45, 2.75) is 13.3 Å². The second-order valence-corrected chi connectivity index (χ2v) is 1.99. The first-order valence-electron chi connectivity index (χ1n) is 3.19. The lowest BCUT2D eigenvalue weighted by Gasteiger charge is -2.00. The third-order valence-corrected chi connectivity index (χ3v) is 1.23. The standard InChI is InChI=1S/C8H12O2/c1-3-5-6-7(4-2)8(9)10/h3-5,7H,2,6H2,1H3,(H,9,10). The van der Waals surface area contributed by atoms with Crippen molar-refractivity contribution in [3.05, 3.63) is 24.8 Å². The van der Waals surface area contributed by atoms with Gasteiger partial charge in [0.05, 0.1) is 5.92 Å². The SMILES string of the molecule is C=CC(CC=CC)C(=O)O. The van der Waals surface area contributed by atoms with Crippen LogP contribution in [0.1, 0.15) is 13.3 Å². The molecule has 0 bridgehead atoms. The molecule has 0 heterocycles. The van der Waals surface area contributed by atoms with Gasteiger partial charge < -0.3 is 5.11 Å². The first-order valence-corrected chi connectivity index (χ1v) is 3.19. The summed E-state index contributed by atoms with van der Waals surface area (Å²) in [5.41, 5.74) is 0. The highest BCUT2D eigenvalue weighted by atomic mass is 16.4. The number of carbonyl (C=O) groups is 1. The summed E-state index contributed by atoms with van der Waals surface area (Å²) < 4.78 is 0. The molecule has 1 unspecified atom stereocenters. The molecule has 0 aliphatic rings. The summed E-state index contributed by atoms with van der Waals surface area (Å²) in [4.78, 5) is 10.3. The van der Waals surface area contributed by atoms with Crippen LogP contribution < -0.4 is 0 Å². The van der Waals surface area contributed by atoms with E-state index >= 15 is 0 Å². The Kier molecular flexibility index (Phi) is 4.29. The van der Waals surface area contributed by atoms with E-state index in [0.717, 1.165) is 0 Å². The molecule has 0 radical (unpaired) electrons. The lowest BCUT2D eigenvalue weighted by Crippen LogP contribution is -2.08. The van der Waals surface area contributed by atoms with Gasteiger partial charge in [-0.3, -0.25) is 4.79 Å². The van der Waals surface area contributed by atoms with Gasteiger partial charge in [0, 0.05) is 0 Å². The number of carboxylic acid groups (broad SMARTS) is 1. The number of aliphatic carboxylic acids is 1. The first-order chi connectivity index (χ1) is 4.72. The fraction of sp³-hybridized carbons (Fsp3) is 0.375. The summed E-state index contributed by atoms with van der Waals surface area (Å²) in [6, 6.07) is 0. The molecular weight excluding hydrogens is 128 g/mol. The minimum atomic E-state index is -0.812. The zero-order valence-electron chi connectivity index (χ0n) is 6.08. The van der Waals surface area contributed by atoms with Crippen LogP contribution in [0.25, 0.3) is 0 Å². The Balaban J connectivity index is 3.83. The maximum Gasteiger partial charge on any atom is 0.310 e. The first kappa shape index (κ1) is 8.95. The Bertz CT molecular complexity index is 147. The van der Waals surface area contributed by atoms with Crippen molar-refractivity contribution in [1.82, 2.24) is 0 Å². The van der Waals surface area contributed by atoms with E-state index in [1.54, 1.807) is 0 Å². The van der Waals surface area contributed by atoms with Crippen LogP contribution in [0.2, 0.25) is 0 Å². The molecule has 0 aromatic heterocycles. The van der Waals surface area contributed by atoms with Crippen molar-refractivity contribution in [1.29, 1.82) is 0 Å². The average Bonchev–Trinajstić information content (AvgIpc) is 1.89. The topological polar surface area (TPSA) is 37.3 Å². The van der Waals surface area contributed by atoms with E-state index in [9.17, 15) is 4.79 Å². The van der Waals surface area contributed by atoms with Crippen molar-refractivity contribution in [2.24, 2.45) is 5.92 Å².